The van der Waals surface area contributed by atoms with Crippen molar-refractivity contribution < 1.29 is 23.1 Å². The first-order chi connectivity index (χ1) is 9.20. The van der Waals surface area contributed by atoms with E-state index in [0.29, 0.717) is 6.07 Å². The minimum absolute atomic E-state index is 0.0274. The molecule has 20 heavy (non-hydrogen) atoms. The molecular weight excluding hydrogens is 299 g/mol. The van der Waals surface area contributed by atoms with E-state index in [2.05, 4.69) is 0 Å². The maximum atomic E-state index is 12.7. The molecule has 0 bridgehead atoms. The van der Waals surface area contributed by atoms with Gasteiger partial charge in [0.15, 0.2) is 0 Å². The zero-order valence-electron chi connectivity index (χ0n) is 9.74. The van der Waals surface area contributed by atoms with E-state index >= 15 is 0 Å². The van der Waals surface area contributed by atoms with Crippen molar-refractivity contribution in [2.45, 2.75) is 12.7 Å². The summed E-state index contributed by atoms with van der Waals surface area (Å²) in [6, 6.07) is 3.62. The van der Waals surface area contributed by atoms with E-state index in [0.717, 1.165) is 22.8 Å². The minimum Gasteiger partial charge on any atom is -0.480 e. The Bertz CT molecular complexity index is 752. The van der Waals surface area contributed by atoms with Gasteiger partial charge in [-0.1, -0.05) is 17.7 Å². The van der Waals surface area contributed by atoms with Crippen molar-refractivity contribution in [1.29, 1.82) is 0 Å². The zero-order valence-corrected chi connectivity index (χ0v) is 10.5. The molecule has 2 aromatic rings. The lowest BCUT2D eigenvalue weighted by molar-refractivity contribution is -0.138. The van der Waals surface area contributed by atoms with Crippen LogP contribution in [0, 0.1) is 0 Å². The quantitative estimate of drug-likeness (QED) is 0.928. The molecule has 0 aliphatic carbocycles. The number of nitrogens with zero attached hydrogens (tertiary/aromatic N) is 1. The van der Waals surface area contributed by atoms with Crippen molar-refractivity contribution >= 4 is 28.5 Å². The van der Waals surface area contributed by atoms with E-state index in [-0.39, 0.29) is 15.9 Å². The van der Waals surface area contributed by atoms with Gasteiger partial charge in [0, 0.05) is 11.5 Å². The molecule has 0 spiro atoms. The summed E-state index contributed by atoms with van der Waals surface area (Å²) in [6.45, 7) is -0.742. The summed E-state index contributed by atoms with van der Waals surface area (Å²) in [5.74, 6) is -1.34. The molecule has 8 heteroatoms. The predicted molar refractivity (Wildman–Crippen MR) is 65.9 cm³/mol. The first-order valence-electron chi connectivity index (χ1n) is 5.32. The molecular formula is C12H7ClF3NO3. The number of aliphatic carboxylic acids is 1. The standard InChI is InChI=1S/C12H7ClF3NO3/c13-8-4-10(18)17(5-11(19)20)9-3-6(12(14,15)16)1-2-7(8)9/h1-4H,5H2,(H,19,20). The third kappa shape index (κ3) is 2.62. The normalized spacial score (nSPS) is 11.8. The Kier molecular flexibility index (Phi) is 3.47. The molecule has 1 aromatic heterocycles. The van der Waals surface area contributed by atoms with Gasteiger partial charge in [0.1, 0.15) is 6.54 Å². The lowest BCUT2D eigenvalue weighted by atomic mass is 10.1. The summed E-state index contributed by atoms with van der Waals surface area (Å²) in [7, 11) is 0. The number of fused-ring (bicyclic) bond motifs is 1. The SMILES string of the molecule is O=C(O)Cn1c(=O)cc(Cl)c2ccc(C(F)(F)F)cc21. The highest BCUT2D eigenvalue weighted by Crippen LogP contribution is 2.32. The monoisotopic (exact) mass is 305 g/mol. The van der Waals surface area contributed by atoms with Crippen LogP contribution in [0.15, 0.2) is 29.1 Å². The molecule has 1 N–H and O–H groups in total. The maximum absolute atomic E-state index is 12.7. The fourth-order valence-electron chi connectivity index (χ4n) is 1.81. The number of halogens is 4. The molecule has 0 unspecified atom stereocenters. The smallest absolute Gasteiger partial charge is 0.416 e. The second-order valence-corrected chi connectivity index (χ2v) is 4.45. The molecule has 1 heterocycles. The third-order valence-corrected chi connectivity index (χ3v) is 3.00. The van der Waals surface area contributed by atoms with Gasteiger partial charge in [-0.25, -0.2) is 0 Å². The Hall–Kier alpha value is -2.02. The Balaban J connectivity index is 2.82. The summed E-state index contributed by atoms with van der Waals surface area (Å²) in [5.41, 5.74) is -1.92. The summed E-state index contributed by atoms with van der Waals surface area (Å²) in [6.07, 6.45) is -4.60. The minimum atomic E-state index is -4.60. The highest BCUT2D eigenvalue weighted by molar-refractivity contribution is 6.35. The number of hydrogen-bond acceptors (Lipinski definition) is 2. The fraction of sp³-hybridized carbons (Fsp3) is 0.167. The van der Waals surface area contributed by atoms with Crippen LogP contribution in [0.5, 0.6) is 0 Å². The molecule has 0 aliphatic heterocycles. The van der Waals surface area contributed by atoms with Gasteiger partial charge >= 0.3 is 12.1 Å². The van der Waals surface area contributed by atoms with Crippen LogP contribution in [0.3, 0.4) is 0 Å². The van der Waals surface area contributed by atoms with Crippen LogP contribution in [0.4, 0.5) is 13.2 Å². The Morgan fingerprint density at radius 3 is 2.50 bits per heavy atom. The Morgan fingerprint density at radius 2 is 1.95 bits per heavy atom. The van der Waals surface area contributed by atoms with E-state index in [9.17, 15) is 22.8 Å². The van der Waals surface area contributed by atoms with Gasteiger partial charge in [-0.3, -0.25) is 14.2 Å². The molecule has 2 rings (SSSR count). The second kappa shape index (κ2) is 4.82. The molecule has 0 saturated carbocycles. The summed E-state index contributed by atoms with van der Waals surface area (Å²) >= 11 is 5.80. The van der Waals surface area contributed by atoms with Crippen LogP contribution < -0.4 is 5.56 Å². The average Bonchev–Trinajstić information content (AvgIpc) is 2.32. The molecule has 0 saturated heterocycles. The lowest BCUT2D eigenvalue weighted by Crippen LogP contribution is -2.24. The topological polar surface area (TPSA) is 59.3 Å². The molecule has 0 fully saturated rings. The first-order valence-corrected chi connectivity index (χ1v) is 5.70. The largest absolute Gasteiger partial charge is 0.480 e. The number of benzene rings is 1. The molecule has 0 aliphatic rings. The summed E-state index contributed by atoms with van der Waals surface area (Å²) in [4.78, 5) is 22.4. The van der Waals surface area contributed by atoms with E-state index in [4.69, 9.17) is 16.7 Å². The number of alkyl halides is 3. The van der Waals surface area contributed by atoms with E-state index in [1.807, 2.05) is 0 Å². The van der Waals surface area contributed by atoms with Crippen LogP contribution in [0.1, 0.15) is 5.56 Å². The predicted octanol–water partition coefficient (Wildman–Crippen LogP) is 2.76. The zero-order chi connectivity index (χ0) is 15.1. The molecule has 0 atom stereocenters. The van der Waals surface area contributed by atoms with E-state index in [1.165, 1.54) is 0 Å². The molecule has 0 radical (unpaired) electrons. The van der Waals surface area contributed by atoms with Crippen LogP contribution in [-0.2, 0) is 17.5 Å². The van der Waals surface area contributed by atoms with Crippen molar-refractivity contribution in [1.82, 2.24) is 4.57 Å². The van der Waals surface area contributed by atoms with Gasteiger partial charge < -0.3 is 5.11 Å². The van der Waals surface area contributed by atoms with Crippen LogP contribution in [0.2, 0.25) is 5.02 Å². The van der Waals surface area contributed by atoms with Gasteiger partial charge in [-0.05, 0) is 12.1 Å². The van der Waals surface area contributed by atoms with E-state index in [1.54, 1.807) is 0 Å². The van der Waals surface area contributed by atoms with Crippen molar-refractivity contribution in [3.8, 4) is 0 Å². The molecule has 0 amide bonds. The van der Waals surface area contributed by atoms with Crippen molar-refractivity contribution in [2.24, 2.45) is 0 Å². The van der Waals surface area contributed by atoms with Gasteiger partial charge in [-0.2, -0.15) is 13.2 Å². The number of rotatable bonds is 2. The number of pyridine rings is 1. The molecule has 106 valence electrons. The van der Waals surface area contributed by atoms with Gasteiger partial charge in [0.25, 0.3) is 5.56 Å². The van der Waals surface area contributed by atoms with Crippen LogP contribution >= 0.6 is 11.6 Å². The summed E-state index contributed by atoms with van der Waals surface area (Å²) < 4.78 is 38.8. The second-order valence-electron chi connectivity index (χ2n) is 4.04. The Labute approximate surface area is 115 Å². The van der Waals surface area contributed by atoms with Gasteiger partial charge in [0.05, 0.1) is 16.1 Å². The van der Waals surface area contributed by atoms with Crippen molar-refractivity contribution in [3.05, 3.63) is 45.2 Å². The molecule has 4 nitrogen and oxygen atoms in total. The number of carbonyl (C=O) groups is 1. The van der Waals surface area contributed by atoms with Gasteiger partial charge in [0.2, 0.25) is 0 Å². The number of carboxylic acids is 1. The highest BCUT2D eigenvalue weighted by Gasteiger charge is 2.31. The number of aromatic nitrogens is 1. The summed E-state index contributed by atoms with van der Waals surface area (Å²) in [5, 5.41) is 8.89. The molecule has 1 aromatic carbocycles. The maximum Gasteiger partial charge on any atom is 0.416 e. The fourth-order valence-corrected chi connectivity index (χ4v) is 2.07. The van der Waals surface area contributed by atoms with Gasteiger partial charge in [-0.15, -0.1) is 0 Å². The van der Waals surface area contributed by atoms with Crippen molar-refractivity contribution in [2.75, 3.05) is 0 Å². The highest BCUT2D eigenvalue weighted by atomic mass is 35.5. The first kappa shape index (κ1) is 14.4. The number of hydrogen-bond donors (Lipinski definition) is 1. The van der Waals surface area contributed by atoms with Crippen molar-refractivity contribution in [3.63, 3.8) is 0 Å². The third-order valence-electron chi connectivity index (χ3n) is 2.68. The van der Waals surface area contributed by atoms with E-state index < -0.39 is 29.8 Å². The lowest BCUT2D eigenvalue weighted by Gasteiger charge is -2.12. The average molecular weight is 306 g/mol. The number of carboxylic acid groups (broad SMARTS) is 1. The Morgan fingerprint density at radius 1 is 1.30 bits per heavy atom. The van der Waals surface area contributed by atoms with Crippen LogP contribution in [0.25, 0.3) is 10.9 Å². The van der Waals surface area contributed by atoms with Crippen LogP contribution in [-0.4, -0.2) is 15.6 Å².